The van der Waals surface area contributed by atoms with Crippen molar-refractivity contribution in [1.29, 1.82) is 0 Å². The Balaban J connectivity index is 2.69. The number of nitrogens with two attached hydrogens (primary N) is 1. The van der Waals surface area contributed by atoms with Crippen molar-refractivity contribution in [2.24, 2.45) is 5.73 Å². The summed E-state index contributed by atoms with van der Waals surface area (Å²) < 4.78 is 0. The Labute approximate surface area is 106 Å². The molecule has 2 heteroatoms. The van der Waals surface area contributed by atoms with Crippen LogP contribution in [0.4, 0.5) is 0 Å². The number of likely N-dealkylation sites (N-methyl/N-ethyl adjacent to an activating group) is 1. The van der Waals surface area contributed by atoms with Crippen LogP contribution in [0.3, 0.4) is 0 Å². The van der Waals surface area contributed by atoms with Gasteiger partial charge in [0.05, 0.1) is 0 Å². The van der Waals surface area contributed by atoms with E-state index in [1.54, 1.807) is 0 Å². The molecular formula is C15H26N2. The molecule has 0 spiro atoms. The van der Waals surface area contributed by atoms with E-state index in [2.05, 4.69) is 56.0 Å². The minimum Gasteiger partial charge on any atom is -0.329 e. The molecule has 0 radical (unpaired) electrons. The molecule has 1 aromatic carbocycles. The number of benzene rings is 1. The van der Waals surface area contributed by atoms with Crippen molar-refractivity contribution in [3.05, 3.63) is 35.9 Å². The molecular weight excluding hydrogens is 208 g/mol. The van der Waals surface area contributed by atoms with Gasteiger partial charge in [-0.05, 0) is 31.9 Å². The topological polar surface area (TPSA) is 29.3 Å². The molecule has 2 nitrogen and oxygen atoms in total. The Morgan fingerprint density at radius 1 is 1.18 bits per heavy atom. The molecule has 17 heavy (non-hydrogen) atoms. The highest BCUT2D eigenvalue weighted by atomic mass is 15.2. The van der Waals surface area contributed by atoms with Gasteiger partial charge in [0.25, 0.3) is 0 Å². The lowest BCUT2D eigenvalue weighted by atomic mass is 10.0. The first-order valence-electron chi connectivity index (χ1n) is 6.72. The summed E-state index contributed by atoms with van der Waals surface area (Å²) in [6, 6.07) is 11.7. The van der Waals surface area contributed by atoms with E-state index in [1.165, 1.54) is 12.0 Å². The molecule has 0 saturated carbocycles. The molecule has 0 aliphatic heterocycles. The SMILES string of the molecule is CCC(C)N(CC)C(CN)Cc1ccccc1. The fourth-order valence-electron chi connectivity index (χ4n) is 2.39. The van der Waals surface area contributed by atoms with Gasteiger partial charge in [-0.25, -0.2) is 0 Å². The monoisotopic (exact) mass is 234 g/mol. The summed E-state index contributed by atoms with van der Waals surface area (Å²) in [6.45, 7) is 8.55. The van der Waals surface area contributed by atoms with Crippen molar-refractivity contribution in [1.82, 2.24) is 4.90 Å². The van der Waals surface area contributed by atoms with Crippen LogP contribution in [-0.2, 0) is 6.42 Å². The molecule has 0 aromatic heterocycles. The molecule has 2 unspecified atom stereocenters. The van der Waals surface area contributed by atoms with Gasteiger partial charge in [0, 0.05) is 18.6 Å². The first kappa shape index (κ1) is 14.2. The van der Waals surface area contributed by atoms with Crippen LogP contribution in [0.2, 0.25) is 0 Å². The van der Waals surface area contributed by atoms with Crippen LogP contribution in [0.5, 0.6) is 0 Å². The van der Waals surface area contributed by atoms with E-state index in [1.807, 2.05) is 0 Å². The van der Waals surface area contributed by atoms with Crippen molar-refractivity contribution in [3.8, 4) is 0 Å². The summed E-state index contributed by atoms with van der Waals surface area (Å²) in [6.07, 6.45) is 2.23. The Kier molecular flexibility index (Phi) is 6.23. The molecule has 1 rings (SSSR count). The van der Waals surface area contributed by atoms with Crippen LogP contribution in [0, 0.1) is 0 Å². The largest absolute Gasteiger partial charge is 0.329 e. The highest BCUT2D eigenvalue weighted by Crippen LogP contribution is 2.13. The maximum atomic E-state index is 5.95. The van der Waals surface area contributed by atoms with Crippen LogP contribution < -0.4 is 5.73 Å². The predicted molar refractivity (Wildman–Crippen MR) is 75.1 cm³/mol. The molecule has 0 aliphatic rings. The Hall–Kier alpha value is -0.860. The van der Waals surface area contributed by atoms with Gasteiger partial charge in [0.15, 0.2) is 0 Å². The molecule has 0 saturated heterocycles. The quantitative estimate of drug-likeness (QED) is 0.786. The number of rotatable bonds is 7. The second kappa shape index (κ2) is 7.46. The molecule has 2 N–H and O–H groups in total. The lowest BCUT2D eigenvalue weighted by Gasteiger charge is -2.34. The van der Waals surface area contributed by atoms with Gasteiger partial charge in [-0.3, -0.25) is 4.90 Å². The average Bonchev–Trinajstić information content (AvgIpc) is 2.39. The average molecular weight is 234 g/mol. The standard InChI is InChI=1S/C15H26N2/c1-4-13(3)17(5-2)15(12-16)11-14-9-7-6-8-10-14/h6-10,13,15H,4-5,11-12,16H2,1-3H3. The smallest absolute Gasteiger partial charge is 0.0261 e. The zero-order valence-corrected chi connectivity index (χ0v) is 11.4. The molecule has 0 aliphatic carbocycles. The normalized spacial score (nSPS) is 14.9. The van der Waals surface area contributed by atoms with Crippen LogP contribution in [0.15, 0.2) is 30.3 Å². The van der Waals surface area contributed by atoms with Crippen LogP contribution >= 0.6 is 0 Å². The minimum atomic E-state index is 0.456. The third-order valence-electron chi connectivity index (χ3n) is 3.58. The van der Waals surface area contributed by atoms with Crippen molar-refractivity contribution >= 4 is 0 Å². The maximum Gasteiger partial charge on any atom is 0.0261 e. The number of hydrogen-bond acceptors (Lipinski definition) is 2. The van der Waals surface area contributed by atoms with Crippen LogP contribution in [0.25, 0.3) is 0 Å². The first-order chi connectivity index (χ1) is 8.22. The van der Waals surface area contributed by atoms with Crippen molar-refractivity contribution in [2.45, 2.75) is 45.7 Å². The van der Waals surface area contributed by atoms with Gasteiger partial charge in [-0.15, -0.1) is 0 Å². The molecule has 0 fully saturated rings. The molecule has 0 amide bonds. The van der Waals surface area contributed by atoms with E-state index in [0.29, 0.717) is 12.1 Å². The lowest BCUT2D eigenvalue weighted by molar-refractivity contribution is 0.150. The van der Waals surface area contributed by atoms with E-state index in [9.17, 15) is 0 Å². The third-order valence-corrected chi connectivity index (χ3v) is 3.58. The Bertz CT molecular complexity index is 297. The zero-order valence-electron chi connectivity index (χ0n) is 11.4. The highest BCUT2D eigenvalue weighted by Gasteiger charge is 2.19. The molecule has 0 heterocycles. The highest BCUT2D eigenvalue weighted by molar-refractivity contribution is 5.16. The number of hydrogen-bond donors (Lipinski definition) is 1. The van der Waals surface area contributed by atoms with Gasteiger partial charge in [-0.1, -0.05) is 44.2 Å². The molecule has 2 atom stereocenters. The van der Waals surface area contributed by atoms with E-state index < -0.39 is 0 Å². The van der Waals surface area contributed by atoms with E-state index in [4.69, 9.17) is 5.73 Å². The van der Waals surface area contributed by atoms with Gasteiger partial charge in [0.1, 0.15) is 0 Å². The second-order valence-electron chi connectivity index (χ2n) is 4.67. The summed E-state index contributed by atoms with van der Waals surface area (Å²) in [4.78, 5) is 2.52. The third kappa shape index (κ3) is 4.14. The summed E-state index contributed by atoms with van der Waals surface area (Å²) in [5.41, 5.74) is 7.33. The van der Waals surface area contributed by atoms with Crippen molar-refractivity contribution in [3.63, 3.8) is 0 Å². The fourth-order valence-corrected chi connectivity index (χ4v) is 2.39. The molecule has 96 valence electrons. The summed E-state index contributed by atoms with van der Waals surface area (Å²) in [5, 5.41) is 0. The van der Waals surface area contributed by atoms with Crippen molar-refractivity contribution < 1.29 is 0 Å². The number of nitrogens with zero attached hydrogens (tertiary/aromatic N) is 1. The summed E-state index contributed by atoms with van der Waals surface area (Å²) in [5.74, 6) is 0. The lowest BCUT2D eigenvalue weighted by Crippen LogP contribution is -2.46. The second-order valence-corrected chi connectivity index (χ2v) is 4.67. The van der Waals surface area contributed by atoms with E-state index in [0.717, 1.165) is 19.5 Å². The summed E-state index contributed by atoms with van der Waals surface area (Å²) >= 11 is 0. The minimum absolute atomic E-state index is 0.456. The fraction of sp³-hybridized carbons (Fsp3) is 0.600. The van der Waals surface area contributed by atoms with Gasteiger partial charge < -0.3 is 5.73 Å². The predicted octanol–water partition coefficient (Wildman–Crippen LogP) is 2.68. The molecule has 1 aromatic rings. The maximum absolute atomic E-state index is 5.95. The van der Waals surface area contributed by atoms with E-state index in [-0.39, 0.29) is 0 Å². The van der Waals surface area contributed by atoms with Gasteiger partial charge in [-0.2, -0.15) is 0 Å². The van der Waals surface area contributed by atoms with Gasteiger partial charge in [0.2, 0.25) is 0 Å². The van der Waals surface area contributed by atoms with Crippen molar-refractivity contribution in [2.75, 3.05) is 13.1 Å². The van der Waals surface area contributed by atoms with Crippen LogP contribution in [0.1, 0.15) is 32.8 Å². The van der Waals surface area contributed by atoms with E-state index >= 15 is 0 Å². The van der Waals surface area contributed by atoms with Crippen LogP contribution in [-0.4, -0.2) is 30.1 Å². The Morgan fingerprint density at radius 2 is 1.82 bits per heavy atom. The molecule has 0 bridgehead atoms. The Morgan fingerprint density at radius 3 is 2.29 bits per heavy atom. The first-order valence-corrected chi connectivity index (χ1v) is 6.72. The van der Waals surface area contributed by atoms with Gasteiger partial charge >= 0.3 is 0 Å². The zero-order chi connectivity index (χ0) is 12.7. The summed E-state index contributed by atoms with van der Waals surface area (Å²) in [7, 11) is 0.